The Morgan fingerprint density at radius 3 is 1.78 bits per heavy atom. The third-order valence-corrected chi connectivity index (χ3v) is 5.29. The Balaban J connectivity index is -0.000000920. The smallest absolute Gasteiger partial charge is 0.315 e. The van der Waals surface area contributed by atoms with Crippen molar-refractivity contribution in [1.82, 2.24) is 20.3 Å². The van der Waals surface area contributed by atoms with Crippen molar-refractivity contribution in [2.24, 2.45) is 16.6 Å². The van der Waals surface area contributed by atoms with E-state index in [-0.39, 0.29) is 34.9 Å². The van der Waals surface area contributed by atoms with Gasteiger partial charge in [-0.05, 0) is 30.6 Å². The van der Waals surface area contributed by atoms with E-state index in [9.17, 15) is 9.59 Å². The van der Waals surface area contributed by atoms with Gasteiger partial charge in [0.05, 0.1) is 0 Å². The van der Waals surface area contributed by atoms with Crippen LogP contribution in [0, 0.1) is 10.8 Å². The average molecular weight is 478 g/mol. The molecule has 194 valence electrons. The maximum absolute atomic E-state index is 12.9. The number of likely N-dealkylation sites (tertiary alicyclic amines) is 1. The minimum atomic E-state index is -0.559. The molecule has 1 aliphatic heterocycles. The monoisotopic (exact) mass is 477 g/mol. The first kappa shape index (κ1) is 35.6. The van der Waals surface area contributed by atoms with Crippen molar-refractivity contribution in [3.8, 4) is 0 Å². The van der Waals surface area contributed by atoms with Crippen molar-refractivity contribution in [3.05, 3.63) is 0 Å². The first-order valence-electron chi connectivity index (χ1n) is 12.2. The molecule has 32 heavy (non-hydrogen) atoms. The summed E-state index contributed by atoms with van der Waals surface area (Å²) in [6, 6.07) is -0.811. The zero-order valence-corrected chi connectivity index (χ0v) is 24.0. The van der Waals surface area contributed by atoms with E-state index >= 15 is 0 Å². The highest BCUT2D eigenvalue weighted by Gasteiger charge is 2.39. The van der Waals surface area contributed by atoms with Crippen molar-refractivity contribution in [2.45, 2.75) is 114 Å². The van der Waals surface area contributed by atoms with Crippen molar-refractivity contribution in [1.29, 1.82) is 0 Å². The number of rotatable bonds is 5. The molecule has 0 aromatic heterocycles. The van der Waals surface area contributed by atoms with E-state index in [1.165, 1.54) is 0 Å². The number of carbonyl (C=O) groups is 2. The van der Waals surface area contributed by atoms with Crippen molar-refractivity contribution in [2.75, 3.05) is 19.6 Å². The van der Waals surface area contributed by atoms with Gasteiger partial charge in [-0.15, -0.1) is 0 Å². The second kappa shape index (κ2) is 18.4. The fourth-order valence-electron chi connectivity index (χ4n) is 3.04. The molecule has 1 heterocycles. The van der Waals surface area contributed by atoms with E-state index < -0.39 is 6.04 Å². The van der Waals surface area contributed by atoms with E-state index in [1.807, 2.05) is 81.1 Å². The lowest BCUT2D eigenvalue weighted by Crippen LogP contribution is -2.60. The summed E-state index contributed by atoms with van der Waals surface area (Å²) in [5, 5.41) is 5.81. The lowest BCUT2D eigenvalue weighted by Gasteiger charge is -2.36. The van der Waals surface area contributed by atoms with Gasteiger partial charge < -0.3 is 21.3 Å². The molecule has 1 rings (SSSR count). The van der Waals surface area contributed by atoms with Gasteiger partial charge in [-0.25, -0.2) is 4.79 Å². The first-order valence-corrected chi connectivity index (χ1v) is 12.7. The van der Waals surface area contributed by atoms with E-state index in [0.29, 0.717) is 6.54 Å². The number of nitrogens with one attached hydrogen (secondary N) is 3. The number of carbonyl (C=O) groups excluding carboxylic acids is 2. The van der Waals surface area contributed by atoms with Crippen LogP contribution in [0.5, 0.6) is 0 Å². The molecule has 0 saturated carbocycles. The first-order chi connectivity index (χ1) is 14.8. The summed E-state index contributed by atoms with van der Waals surface area (Å²) in [5.41, 5.74) is 5.28. The molecule has 7 nitrogen and oxygen atoms in total. The largest absolute Gasteiger partial charge is 0.338 e. The highest BCUT2D eigenvalue weighted by atomic mass is 32.1. The van der Waals surface area contributed by atoms with Crippen LogP contribution in [-0.4, -0.2) is 54.6 Å². The number of thiol groups is 1. The second-order valence-corrected chi connectivity index (χ2v) is 9.92. The zero-order chi connectivity index (χ0) is 26.1. The third-order valence-electron chi connectivity index (χ3n) is 4.97. The molecule has 3 atom stereocenters. The summed E-state index contributed by atoms with van der Waals surface area (Å²) in [4.78, 5) is 27.3. The molecule has 1 aliphatic rings. The van der Waals surface area contributed by atoms with E-state index in [2.05, 4.69) is 35.1 Å². The number of hydrogen-bond acceptors (Lipinski definition) is 5. The van der Waals surface area contributed by atoms with Crippen LogP contribution in [-0.2, 0) is 4.79 Å². The van der Waals surface area contributed by atoms with Crippen molar-refractivity contribution in [3.63, 3.8) is 0 Å². The molecular formula is C24H55N5O2S. The Kier molecular flexibility index (Phi) is 20.5. The van der Waals surface area contributed by atoms with Gasteiger partial charge in [-0.2, -0.15) is 0 Å². The topological polar surface area (TPSA) is 99.5 Å². The molecule has 3 unspecified atom stereocenters. The third kappa shape index (κ3) is 14.2. The molecule has 0 aromatic rings. The quantitative estimate of drug-likeness (QED) is 0.374. The highest BCUT2D eigenvalue weighted by Crippen LogP contribution is 2.25. The fourth-order valence-corrected chi connectivity index (χ4v) is 3.04. The SMILES string of the molecule is CC.CC.CC1CCCN1C(=O)C(NC(=O)NC(CN)C(C)(C)C)C(C)(C)C.CCNS. The second-order valence-electron chi connectivity index (χ2n) is 9.61. The Bertz CT molecular complexity index is 488. The highest BCUT2D eigenvalue weighted by molar-refractivity contribution is 7.78. The molecule has 0 aliphatic carbocycles. The standard InChI is InChI=1S/C18H36N4O2.C2H7NS.2C2H6/c1-12-9-8-10-22(12)15(23)14(18(5,6)7)21-16(24)20-13(11-19)17(2,3)4;1-2-3-4;2*1-2/h12-14H,8-11,19H2,1-7H3,(H2,20,21,24);3-4H,2H2,1H3;2*1-2H3. The molecular weight excluding hydrogens is 422 g/mol. The van der Waals surface area contributed by atoms with Crippen LogP contribution in [0.2, 0.25) is 0 Å². The van der Waals surface area contributed by atoms with Crippen molar-refractivity contribution < 1.29 is 9.59 Å². The van der Waals surface area contributed by atoms with Gasteiger partial charge in [-0.1, -0.05) is 89.0 Å². The lowest BCUT2D eigenvalue weighted by atomic mass is 9.85. The number of nitrogens with zero attached hydrogens (tertiary/aromatic N) is 1. The molecule has 1 saturated heterocycles. The minimum absolute atomic E-state index is 0.00251. The Labute approximate surface area is 205 Å². The summed E-state index contributed by atoms with van der Waals surface area (Å²) in [5.74, 6) is 0.00251. The van der Waals surface area contributed by atoms with Crippen LogP contribution >= 0.6 is 12.8 Å². The van der Waals surface area contributed by atoms with Gasteiger partial charge in [0.1, 0.15) is 6.04 Å². The van der Waals surface area contributed by atoms with Gasteiger partial charge in [0, 0.05) is 31.7 Å². The lowest BCUT2D eigenvalue weighted by molar-refractivity contribution is -0.136. The van der Waals surface area contributed by atoms with Crippen molar-refractivity contribution >= 4 is 24.8 Å². The van der Waals surface area contributed by atoms with E-state index in [1.54, 1.807) is 0 Å². The van der Waals surface area contributed by atoms with Gasteiger partial charge >= 0.3 is 6.03 Å². The predicted octanol–water partition coefficient (Wildman–Crippen LogP) is 4.58. The fraction of sp³-hybridized carbons (Fsp3) is 0.917. The molecule has 1 fully saturated rings. The molecule has 0 radical (unpaired) electrons. The zero-order valence-electron chi connectivity index (χ0n) is 23.1. The predicted molar refractivity (Wildman–Crippen MR) is 143 cm³/mol. The van der Waals surface area contributed by atoms with E-state index in [0.717, 1.165) is 25.9 Å². The van der Waals surface area contributed by atoms with Gasteiger partial charge in [0.2, 0.25) is 5.91 Å². The van der Waals surface area contributed by atoms with Gasteiger partial charge in [0.15, 0.2) is 0 Å². The maximum atomic E-state index is 12.9. The summed E-state index contributed by atoms with van der Waals surface area (Å²) in [6.07, 6.45) is 2.04. The molecule has 8 heteroatoms. The Hall–Kier alpha value is -0.990. The van der Waals surface area contributed by atoms with Crippen LogP contribution in [0.1, 0.15) is 95.9 Å². The Morgan fingerprint density at radius 2 is 1.50 bits per heavy atom. The summed E-state index contributed by atoms with van der Waals surface area (Å²) in [7, 11) is 0. The minimum Gasteiger partial charge on any atom is -0.338 e. The average Bonchev–Trinajstić information content (AvgIpc) is 3.17. The van der Waals surface area contributed by atoms with Crippen LogP contribution < -0.4 is 21.1 Å². The van der Waals surface area contributed by atoms with Crippen LogP contribution in [0.4, 0.5) is 4.79 Å². The number of nitrogens with two attached hydrogens (primary N) is 1. The number of hydrogen-bond donors (Lipinski definition) is 5. The summed E-state index contributed by atoms with van der Waals surface area (Å²) in [6.45, 7) is 26.1. The van der Waals surface area contributed by atoms with Crippen LogP contribution in [0.25, 0.3) is 0 Å². The molecule has 0 aromatic carbocycles. The Morgan fingerprint density at radius 1 is 1.03 bits per heavy atom. The number of urea groups is 1. The van der Waals surface area contributed by atoms with E-state index in [4.69, 9.17) is 5.73 Å². The number of amides is 3. The molecule has 0 spiro atoms. The molecule has 0 bridgehead atoms. The molecule has 3 amide bonds. The normalized spacial score (nSPS) is 17.3. The summed E-state index contributed by atoms with van der Waals surface area (Å²) < 4.78 is 2.62. The van der Waals surface area contributed by atoms with Gasteiger partial charge in [0.25, 0.3) is 0 Å². The van der Waals surface area contributed by atoms with Gasteiger partial charge in [-0.3, -0.25) is 9.52 Å². The summed E-state index contributed by atoms with van der Waals surface area (Å²) >= 11 is 3.67. The van der Waals surface area contributed by atoms with Crippen LogP contribution in [0.3, 0.4) is 0 Å². The maximum Gasteiger partial charge on any atom is 0.315 e. The van der Waals surface area contributed by atoms with Crippen LogP contribution in [0.15, 0.2) is 0 Å². The molecule has 5 N–H and O–H groups in total.